The normalized spacial score (nSPS) is 9.71. The van der Waals surface area contributed by atoms with Gasteiger partial charge in [-0.2, -0.15) is 5.10 Å². The molecule has 0 atom stereocenters. The lowest BCUT2D eigenvalue weighted by atomic mass is 10.3. The van der Waals surface area contributed by atoms with Crippen molar-refractivity contribution in [3.63, 3.8) is 0 Å². The summed E-state index contributed by atoms with van der Waals surface area (Å²) in [5.41, 5.74) is 0.740. The van der Waals surface area contributed by atoms with Gasteiger partial charge < -0.3 is 4.74 Å². The number of hydrogen-bond acceptors (Lipinski definition) is 3. The van der Waals surface area contributed by atoms with Crippen molar-refractivity contribution < 1.29 is 9.53 Å². The lowest BCUT2D eigenvalue weighted by Gasteiger charge is -2.05. The van der Waals surface area contributed by atoms with Gasteiger partial charge in [0.15, 0.2) is 5.75 Å². The SMILES string of the molecule is O=COc1ccccc1-n1cccn1. The lowest BCUT2D eigenvalue weighted by Crippen LogP contribution is -1.99. The zero-order valence-corrected chi connectivity index (χ0v) is 7.33. The Morgan fingerprint density at radius 1 is 1.29 bits per heavy atom. The van der Waals surface area contributed by atoms with Crippen molar-refractivity contribution in [3.8, 4) is 11.4 Å². The topological polar surface area (TPSA) is 44.1 Å². The molecule has 1 aromatic heterocycles. The molecule has 0 spiro atoms. The highest BCUT2D eigenvalue weighted by molar-refractivity contribution is 5.53. The van der Waals surface area contributed by atoms with Gasteiger partial charge in [-0.3, -0.25) is 4.79 Å². The molecule has 14 heavy (non-hydrogen) atoms. The molecule has 2 rings (SSSR count). The Balaban J connectivity index is 2.46. The fourth-order valence-electron chi connectivity index (χ4n) is 1.21. The van der Waals surface area contributed by atoms with E-state index in [0.717, 1.165) is 5.69 Å². The minimum absolute atomic E-state index is 0.405. The summed E-state index contributed by atoms with van der Waals surface area (Å²) in [5, 5.41) is 4.05. The molecule has 0 bridgehead atoms. The number of rotatable bonds is 3. The van der Waals surface area contributed by atoms with Crippen LogP contribution in [-0.2, 0) is 4.79 Å². The first kappa shape index (κ1) is 8.50. The van der Waals surface area contributed by atoms with Gasteiger partial charge in [0, 0.05) is 12.4 Å². The first-order valence-electron chi connectivity index (χ1n) is 4.11. The van der Waals surface area contributed by atoms with Crippen molar-refractivity contribution in [3.05, 3.63) is 42.7 Å². The average Bonchev–Trinajstić information content (AvgIpc) is 2.72. The molecule has 1 aromatic carbocycles. The third-order valence-electron chi connectivity index (χ3n) is 1.79. The highest BCUT2D eigenvalue weighted by atomic mass is 16.5. The molecular formula is C10H8N2O2. The molecule has 0 saturated carbocycles. The monoisotopic (exact) mass is 188 g/mol. The second-order valence-corrected chi connectivity index (χ2v) is 2.63. The fourth-order valence-corrected chi connectivity index (χ4v) is 1.21. The van der Waals surface area contributed by atoms with Crippen LogP contribution in [0, 0.1) is 0 Å². The zero-order chi connectivity index (χ0) is 9.80. The minimum atomic E-state index is 0.405. The van der Waals surface area contributed by atoms with E-state index in [0.29, 0.717) is 12.2 Å². The maximum Gasteiger partial charge on any atom is 0.298 e. The van der Waals surface area contributed by atoms with Crippen LogP contribution in [0.1, 0.15) is 0 Å². The molecule has 1 heterocycles. The molecule has 0 N–H and O–H groups in total. The molecule has 0 radical (unpaired) electrons. The van der Waals surface area contributed by atoms with Crippen molar-refractivity contribution in [1.29, 1.82) is 0 Å². The molecule has 0 aliphatic carbocycles. The quantitative estimate of drug-likeness (QED) is 0.684. The van der Waals surface area contributed by atoms with Crippen LogP contribution in [0.3, 0.4) is 0 Å². The summed E-state index contributed by atoms with van der Waals surface area (Å²) < 4.78 is 6.46. The average molecular weight is 188 g/mol. The number of nitrogens with zero attached hydrogens (tertiary/aromatic N) is 2. The predicted molar refractivity (Wildman–Crippen MR) is 50.3 cm³/mol. The van der Waals surface area contributed by atoms with Crippen LogP contribution in [0.15, 0.2) is 42.7 Å². The van der Waals surface area contributed by atoms with E-state index in [2.05, 4.69) is 5.10 Å². The van der Waals surface area contributed by atoms with Gasteiger partial charge in [0.05, 0.1) is 0 Å². The number of para-hydroxylation sites is 2. The van der Waals surface area contributed by atoms with E-state index in [1.54, 1.807) is 35.3 Å². The van der Waals surface area contributed by atoms with Crippen LogP contribution in [0.25, 0.3) is 5.69 Å². The van der Waals surface area contributed by atoms with E-state index < -0.39 is 0 Å². The third kappa shape index (κ3) is 1.50. The smallest absolute Gasteiger partial charge is 0.298 e. The van der Waals surface area contributed by atoms with Crippen LogP contribution in [0.5, 0.6) is 5.75 Å². The van der Waals surface area contributed by atoms with Crippen LogP contribution in [0.2, 0.25) is 0 Å². The number of aromatic nitrogens is 2. The first-order valence-corrected chi connectivity index (χ1v) is 4.11. The summed E-state index contributed by atoms with van der Waals surface area (Å²) in [6.07, 6.45) is 3.45. The van der Waals surface area contributed by atoms with Gasteiger partial charge in [-0.25, -0.2) is 4.68 Å². The second kappa shape index (κ2) is 3.74. The molecule has 0 aliphatic rings. The number of benzene rings is 1. The number of carbonyl (C=O) groups excluding carboxylic acids is 1. The molecule has 0 fully saturated rings. The maximum atomic E-state index is 10.2. The summed E-state index contributed by atoms with van der Waals surface area (Å²) in [4.78, 5) is 10.2. The summed E-state index contributed by atoms with van der Waals surface area (Å²) in [6.45, 7) is 0.405. The first-order chi connectivity index (χ1) is 6.92. The van der Waals surface area contributed by atoms with Crippen LogP contribution >= 0.6 is 0 Å². The molecule has 0 amide bonds. The molecule has 0 unspecified atom stereocenters. The van der Waals surface area contributed by atoms with E-state index >= 15 is 0 Å². The van der Waals surface area contributed by atoms with Crippen molar-refractivity contribution in [2.24, 2.45) is 0 Å². The van der Waals surface area contributed by atoms with Crippen molar-refractivity contribution >= 4 is 6.47 Å². The number of carbonyl (C=O) groups is 1. The second-order valence-electron chi connectivity index (χ2n) is 2.63. The lowest BCUT2D eigenvalue weighted by molar-refractivity contribution is -0.120. The summed E-state index contributed by atoms with van der Waals surface area (Å²) in [6, 6.07) is 9.00. The fraction of sp³-hybridized carbons (Fsp3) is 0. The van der Waals surface area contributed by atoms with Gasteiger partial charge in [-0.15, -0.1) is 0 Å². The van der Waals surface area contributed by atoms with Gasteiger partial charge >= 0.3 is 0 Å². The number of ether oxygens (including phenoxy) is 1. The van der Waals surface area contributed by atoms with E-state index in [1.165, 1.54) is 0 Å². The molecule has 2 aromatic rings. The molecule has 4 nitrogen and oxygen atoms in total. The van der Waals surface area contributed by atoms with Crippen LogP contribution < -0.4 is 4.74 Å². The largest absolute Gasteiger partial charge is 0.426 e. The van der Waals surface area contributed by atoms with E-state index in [4.69, 9.17) is 4.74 Å². The minimum Gasteiger partial charge on any atom is -0.426 e. The van der Waals surface area contributed by atoms with Crippen molar-refractivity contribution in [1.82, 2.24) is 9.78 Å². The Hall–Kier alpha value is -2.10. The molecule has 0 saturated heterocycles. The Morgan fingerprint density at radius 3 is 2.86 bits per heavy atom. The number of hydrogen-bond donors (Lipinski definition) is 0. The van der Waals surface area contributed by atoms with Gasteiger partial charge in [0.25, 0.3) is 6.47 Å². The summed E-state index contributed by atoms with van der Waals surface area (Å²) >= 11 is 0. The van der Waals surface area contributed by atoms with Gasteiger partial charge in [-0.1, -0.05) is 12.1 Å². The molecular weight excluding hydrogens is 180 g/mol. The Kier molecular flexibility index (Phi) is 2.27. The van der Waals surface area contributed by atoms with Crippen molar-refractivity contribution in [2.45, 2.75) is 0 Å². The highest BCUT2D eigenvalue weighted by Gasteiger charge is 2.03. The van der Waals surface area contributed by atoms with E-state index in [1.807, 2.05) is 12.1 Å². The Labute approximate surface area is 80.7 Å². The Bertz CT molecular complexity index is 423. The van der Waals surface area contributed by atoms with Gasteiger partial charge in [-0.05, 0) is 18.2 Å². The predicted octanol–water partition coefficient (Wildman–Crippen LogP) is 1.41. The van der Waals surface area contributed by atoms with Crippen LogP contribution in [0.4, 0.5) is 0 Å². The van der Waals surface area contributed by atoms with Gasteiger partial charge in [0.1, 0.15) is 5.69 Å². The molecule has 0 aliphatic heterocycles. The summed E-state index contributed by atoms with van der Waals surface area (Å²) in [5.74, 6) is 0.492. The Morgan fingerprint density at radius 2 is 2.14 bits per heavy atom. The molecule has 70 valence electrons. The zero-order valence-electron chi connectivity index (χ0n) is 7.33. The highest BCUT2D eigenvalue weighted by Crippen LogP contribution is 2.20. The third-order valence-corrected chi connectivity index (χ3v) is 1.79. The maximum absolute atomic E-state index is 10.2. The standard InChI is InChI=1S/C10H8N2O2/c13-8-14-10-5-2-1-4-9(10)12-7-3-6-11-12/h1-8H. The molecule has 4 heteroatoms. The van der Waals surface area contributed by atoms with E-state index in [-0.39, 0.29) is 0 Å². The van der Waals surface area contributed by atoms with Crippen LogP contribution in [-0.4, -0.2) is 16.3 Å². The van der Waals surface area contributed by atoms with Crippen molar-refractivity contribution in [2.75, 3.05) is 0 Å². The van der Waals surface area contributed by atoms with E-state index in [9.17, 15) is 4.79 Å². The van der Waals surface area contributed by atoms with Gasteiger partial charge in [0.2, 0.25) is 0 Å². The summed E-state index contributed by atoms with van der Waals surface area (Å²) in [7, 11) is 0.